The molecule has 0 aromatic heterocycles. The summed E-state index contributed by atoms with van der Waals surface area (Å²) in [6.45, 7) is 0. The quantitative estimate of drug-likeness (QED) is 0.739. The van der Waals surface area contributed by atoms with Gasteiger partial charge in [-0.2, -0.15) is 13.2 Å². The number of carboxylic acids is 1. The Labute approximate surface area is 126 Å². The minimum atomic E-state index is -4.39. The molecule has 120 valence electrons. The molecular weight excluding hydrogens is 297 g/mol. The van der Waals surface area contributed by atoms with Crippen molar-refractivity contribution in [1.82, 2.24) is 0 Å². The normalized spacial score (nSPS) is 14.0. The number of alkyl halides is 3. The van der Waals surface area contributed by atoms with Crippen molar-refractivity contribution in [2.45, 2.75) is 44.7 Å². The van der Waals surface area contributed by atoms with Crippen LogP contribution in [0.3, 0.4) is 0 Å². The highest BCUT2D eigenvalue weighted by Crippen LogP contribution is 2.33. The number of carbonyl (C=O) groups is 1. The van der Waals surface area contributed by atoms with Gasteiger partial charge in [0.1, 0.15) is 0 Å². The van der Waals surface area contributed by atoms with Crippen LogP contribution in [-0.2, 0) is 11.2 Å². The van der Waals surface area contributed by atoms with E-state index in [0.29, 0.717) is 12.1 Å². The molecule has 0 unspecified atom stereocenters. The summed E-state index contributed by atoms with van der Waals surface area (Å²) in [4.78, 5) is 10.3. The second-order valence-electron chi connectivity index (χ2n) is 5.21. The number of amidine groups is 1. The molecule has 1 aliphatic rings. The van der Waals surface area contributed by atoms with Gasteiger partial charge in [-0.3, -0.25) is 4.79 Å². The number of rotatable bonds is 8. The number of hydrogen-bond donors (Lipinski definition) is 1. The number of unbranched alkanes of at least 4 members (excludes halogenated alkanes) is 3. The van der Waals surface area contributed by atoms with Crippen LogP contribution in [0.2, 0.25) is 0 Å². The van der Waals surface area contributed by atoms with Crippen LogP contribution in [0.25, 0.3) is 0 Å². The van der Waals surface area contributed by atoms with Crippen LogP contribution in [0.5, 0.6) is 0 Å². The molecule has 0 bridgehead atoms. The Bertz CT molecular complexity index is 553. The lowest BCUT2D eigenvalue weighted by molar-refractivity contribution is -0.137. The van der Waals surface area contributed by atoms with Crippen LogP contribution >= 0.6 is 0 Å². The Kier molecular flexibility index (Phi) is 5.05. The molecule has 0 saturated heterocycles. The van der Waals surface area contributed by atoms with Crippen LogP contribution in [0, 0.1) is 0 Å². The first-order chi connectivity index (χ1) is 10.4. The summed E-state index contributed by atoms with van der Waals surface area (Å²) in [6.07, 6.45) is 0.0816. The molecular formula is C15H17F3N2O2. The van der Waals surface area contributed by atoms with Crippen molar-refractivity contribution in [3.63, 3.8) is 0 Å². The Hall–Kier alpha value is -2.05. The fourth-order valence-electron chi connectivity index (χ4n) is 2.19. The van der Waals surface area contributed by atoms with Gasteiger partial charge in [0, 0.05) is 6.42 Å². The van der Waals surface area contributed by atoms with Gasteiger partial charge >= 0.3 is 12.1 Å². The first-order valence-corrected chi connectivity index (χ1v) is 7.14. The van der Waals surface area contributed by atoms with Crippen molar-refractivity contribution in [1.29, 1.82) is 0 Å². The molecule has 22 heavy (non-hydrogen) atoms. The van der Waals surface area contributed by atoms with E-state index < -0.39 is 18.0 Å². The minimum Gasteiger partial charge on any atom is -0.481 e. The molecule has 0 aliphatic carbocycles. The number of aliphatic carboxylic acids is 1. The van der Waals surface area contributed by atoms with E-state index in [1.807, 2.05) is 0 Å². The number of benzene rings is 1. The maximum atomic E-state index is 12.4. The van der Waals surface area contributed by atoms with Crippen LogP contribution in [0.1, 0.15) is 37.7 Å². The third-order valence-electron chi connectivity index (χ3n) is 3.40. The van der Waals surface area contributed by atoms with E-state index in [2.05, 4.69) is 5.10 Å². The van der Waals surface area contributed by atoms with Crippen molar-refractivity contribution >= 4 is 17.5 Å². The molecule has 0 spiro atoms. The summed E-state index contributed by atoms with van der Waals surface area (Å²) in [5, 5.41) is 12.7. The summed E-state index contributed by atoms with van der Waals surface area (Å²) in [6, 6.07) is 6.85. The van der Waals surface area contributed by atoms with Gasteiger partial charge in [0.25, 0.3) is 5.84 Å². The zero-order valence-electron chi connectivity index (χ0n) is 11.9. The average molecular weight is 314 g/mol. The van der Waals surface area contributed by atoms with Gasteiger partial charge in [0.05, 0.1) is 5.69 Å². The Balaban J connectivity index is 1.69. The van der Waals surface area contributed by atoms with Crippen LogP contribution in [0.15, 0.2) is 29.4 Å². The van der Waals surface area contributed by atoms with E-state index in [0.717, 1.165) is 36.3 Å². The van der Waals surface area contributed by atoms with E-state index in [4.69, 9.17) is 5.11 Å². The predicted molar refractivity (Wildman–Crippen MR) is 76.8 cm³/mol. The van der Waals surface area contributed by atoms with Gasteiger partial charge in [-0.1, -0.05) is 25.0 Å². The average Bonchev–Trinajstić information content (AvgIpc) is 3.23. The lowest BCUT2D eigenvalue weighted by Gasteiger charge is -2.06. The van der Waals surface area contributed by atoms with Gasteiger partial charge in [-0.05, 0) is 37.0 Å². The van der Waals surface area contributed by atoms with Crippen LogP contribution < -0.4 is 5.01 Å². The molecule has 1 aliphatic heterocycles. The second kappa shape index (κ2) is 6.81. The van der Waals surface area contributed by atoms with Gasteiger partial charge in [-0.15, -0.1) is 5.10 Å². The zero-order chi connectivity index (χ0) is 16.2. The molecule has 1 aromatic carbocycles. The standard InChI is InChI=1S/C15H17F3N2O2/c16-15(17,18)14-19-20(14)12-9-7-11(8-10-12)5-3-1-2-4-6-13(21)22/h7-10H,1-6H2,(H,21,22). The van der Waals surface area contributed by atoms with E-state index >= 15 is 0 Å². The third kappa shape index (κ3) is 4.75. The Morgan fingerprint density at radius 1 is 1.09 bits per heavy atom. The predicted octanol–water partition coefficient (Wildman–Crippen LogP) is 3.96. The smallest absolute Gasteiger partial charge is 0.453 e. The van der Waals surface area contributed by atoms with Crippen molar-refractivity contribution in [2.24, 2.45) is 5.10 Å². The topological polar surface area (TPSA) is 52.7 Å². The lowest BCUT2D eigenvalue weighted by atomic mass is 10.1. The largest absolute Gasteiger partial charge is 0.481 e. The number of carboxylic acid groups (broad SMARTS) is 1. The van der Waals surface area contributed by atoms with Gasteiger partial charge < -0.3 is 5.11 Å². The first-order valence-electron chi connectivity index (χ1n) is 7.14. The van der Waals surface area contributed by atoms with Gasteiger partial charge in [0.15, 0.2) is 0 Å². The summed E-state index contributed by atoms with van der Waals surface area (Å²) < 4.78 is 37.1. The molecule has 2 rings (SSSR count). The zero-order valence-corrected chi connectivity index (χ0v) is 11.9. The molecule has 0 saturated carbocycles. The highest BCUT2D eigenvalue weighted by molar-refractivity contribution is 6.11. The number of nitrogens with zero attached hydrogens (tertiary/aromatic N) is 2. The number of hydrogen-bond acceptors (Lipinski definition) is 3. The fourth-order valence-corrected chi connectivity index (χ4v) is 2.19. The highest BCUT2D eigenvalue weighted by atomic mass is 19.4. The van der Waals surface area contributed by atoms with Crippen molar-refractivity contribution in [3.05, 3.63) is 29.8 Å². The minimum absolute atomic E-state index is 0.200. The van der Waals surface area contributed by atoms with E-state index in [1.165, 1.54) is 0 Å². The number of hydrazone groups is 1. The number of aryl methyl sites for hydroxylation is 1. The van der Waals surface area contributed by atoms with E-state index in [-0.39, 0.29) is 6.42 Å². The molecule has 0 fully saturated rings. The van der Waals surface area contributed by atoms with Crippen molar-refractivity contribution in [2.75, 3.05) is 5.01 Å². The molecule has 0 radical (unpaired) electrons. The fraction of sp³-hybridized carbons (Fsp3) is 0.467. The monoisotopic (exact) mass is 314 g/mol. The molecule has 1 heterocycles. The molecule has 1 aromatic rings. The molecule has 1 N–H and O–H groups in total. The maximum absolute atomic E-state index is 12.4. The molecule has 0 atom stereocenters. The van der Waals surface area contributed by atoms with Crippen LogP contribution in [0.4, 0.5) is 18.9 Å². The highest BCUT2D eigenvalue weighted by Gasteiger charge is 2.49. The Morgan fingerprint density at radius 2 is 1.73 bits per heavy atom. The Morgan fingerprint density at radius 3 is 2.27 bits per heavy atom. The van der Waals surface area contributed by atoms with Crippen molar-refractivity contribution < 1.29 is 23.1 Å². The molecule has 4 nitrogen and oxygen atoms in total. The lowest BCUT2D eigenvalue weighted by Crippen LogP contribution is -2.21. The molecule has 7 heteroatoms. The molecule has 0 amide bonds. The summed E-state index contributed by atoms with van der Waals surface area (Å²) in [5.41, 5.74) is 1.47. The van der Waals surface area contributed by atoms with Crippen LogP contribution in [-0.4, -0.2) is 23.1 Å². The van der Waals surface area contributed by atoms with Gasteiger partial charge in [-0.25, -0.2) is 5.01 Å². The maximum Gasteiger partial charge on any atom is 0.453 e. The second-order valence-corrected chi connectivity index (χ2v) is 5.21. The number of anilines is 1. The SMILES string of the molecule is O=C(O)CCCCCCc1ccc(N2N=C2C(F)(F)F)cc1. The first kappa shape index (κ1) is 16.3. The van der Waals surface area contributed by atoms with E-state index in [9.17, 15) is 18.0 Å². The van der Waals surface area contributed by atoms with E-state index in [1.54, 1.807) is 24.3 Å². The van der Waals surface area contributed by atoms with Crippen molar-refractivity contribution in [3.8, 4) is 0 Å². The third-order valence-corrected chi connectivity index (χ3v) is 3.40. The summed E-state index contributed by atoms with van der Waals surface area (Å²) in [5.74, 6) is -1.63. The summed E-state index contributed by atoms with van der Waals surface area (Å²) in [7, 11) is 0. The summed E-state index contributed by atoms with van der Waals surface area (Å²) >= 11 is 0. The number of halogens is 3. The van der Waals surface area contributed by atoms with Gasteiger partial charge in [0.2, 0.25) is 0 Å².